The number of H-pyrrole nitrogens is 1. The van der Waals surface area contributed by atoms with Crippen LogP contribution in [0.25, 0.3) is 27.9 Å². The highest BCUT2D eigenvalue weighted by Crippen LogP contribution is 2.40. The molecule has 0 radical (unpaired) electrons. The van der Waals surface area contributed by atoms with Crippen molar-refractivity contribution >= 4 is 27.9 Å². The number of hydrogen-bond acceptors (Lipinski definition) is 1. The molecule has 1 atom stereocenters. The fourth-order valence-corrected chi connectivity index (χ4v) is 3.69. The quantitative estimate of drug-likeness (QED) is 0.541. The number of aromatic amines is 1. The second-order valence-corrected chi connectivity index (χ2v) is 7.64. The van der Waals surface area contributed by atoms with Gasteiger partial charge in [0.15, 0.2) is 0 Å². The Morgan fingerprint density at radius 3 is 2.76 bits per heavy atom. The van der Waals surface area contributed by atoms with Crippen molar-refractivity contribution in [2.75, 3.05) is 0 Å². The molecule has 2 heteroatoms. The first kappa shape index (κ1) is 16.0. The number of hydrogen-bond donors (Lipinski definition) is 1. The molecule has 1 aliphatic rings. The Morgan fingerprint density at radius 1 is 1.16 bits per heavy atom. The first-order valence-electron chi connectivity index (χ1n) is 9.02. The average Bonchev–Trinajstić information content (AvgIpc) is 2.92. The molecule has 2 nitrogen and oxygen atoms in total. The third-order valence-corrected chi connectivity index (χ3v) is 5.06. The highest BCUT2D eigenvalue weighted by molar-refractivity contribution is 6.12. The van der Waals surface area contributed by atoms with Crippen LogP contribution in [0.5, 0.6) is 5.75 Å². The molecule has 0 spiro atoms. The number of aromatic nitrogens is 1. The second kappa shape index (κ2) is 5.80. The van der Waals surface area contributed by atoms with Crippen molar-refractivity contribution in [2.45, 2.75) is 46.1 Å². The lowest BCUT2D eigenvalue weighted by Crippen LogP contribution is -2.31. The van der Waals surface area contributed by atoms with Crippen LogP contribution in [0.1, 0.15) is 44.7 Å². The maximum atomic E-state index is 6.43. The molecule has 0 aliphatic carbocycles. The fraction of sp³-hybridized carbons (Fsp3) is 0.304. The van der Waals surface area contributed by atoms with Crippen molar-refractivity contribution in [3.8, 4) is 5.75 Å². The lowest BCUT2D eigenvalue weighted by molar-refractivity contribution is 0.129. The molecule has 2 heterocycles. The van der Waals surface area contributed by atoms with Crippen LogP contribution >= 0.6 is 0 Å². The van der Waals surface area contributed by atoms with Gasteiger partial charge in [-0.25, -0.2) is 0 Å². The Hall–Kier alpha value is -2.48. The molecule has 1 unspecified atom stereocenters. The summed E-state index contributed by atoms with van der Waals surface area (Å²) < 4.78 is 6.43. The number of benzene rings is 2. The number of fused-ring (bicyclic) bond motifs is 5. The molecular formula is C23H25NO. The molecule has 0 bridgehead atoms. The van der Waals surface area contributed by atoms with E-state index in [1.807, 2.05) is 0 Å². The highest BCUT2D eigenvalue weighted by atomic mass is 16.5. The first-order valence-corrected chi connectivity index (χ1v) is 9.02. The van der Waals surface area contributed by atoms with Gasteiger partial charge in [0.1, 0.15) is 11.4 Å². The van der Waals surface area contributed by atoms with E-state index in [1.165, 1.54) is 38.5 Å². The third kappa shape index (κ3) is 2.86. The van der Waals surface area contributed by atoms with Crippen LogP contribution in [-0.2, 0) is 0 Å². The van der Waals surface area contributed by atoms with Crippen molar-refractivity contribution in [3.05, 3.63) is 59.2 Å². The maximum Gasteiger partial charge on any atom is 0.128 e. The van der Waals surface area contributed by atoms with E-state index in [2.05, 4.69) is 81.2 Å². The minimum absolute atomic E-state index is 0.241. The number of ether oxygens (including phenoxy) is 1. The summed E-state index contributed by atoms with van der Waals surface area (Å²) in [5.41, 5.74) is 5.93. The van der Waals surface area contributed by atoms with Gasteiger partial charge in [-0.1, -0.05) is 29.4 Å². The van der Waals surface area contributed by atoms with E-state index in [9.17, 15) is 0 Å². The van der Waals surface area contributed by atoms with Gasteiger partial charge < -0.3 is 9.72 Å². The van der Waals surface area contributed by atoms with Crippen LogP contribution in [0.3, 0.4) is 0 Å². The summed E-state index contributed by atoms with van der Waals surface area (Å²) >= 11 is 0. The van der Waals surface area contributed by atoms with Crippen molar-refractivity contribution in [1.82, 2.24) is 4.98 Å². The molecule has 25 heavy (non-hydrogen) atoms. The molecule has 128 valence electrons. The van der Waals surface area contributed by atoms with E-state index in [0.717, 1.165) is 18.6 Å². The Morgan fingerprint density at radius 2 is 1.96 bits per heavy atom. The van der Waals surface area contributed by atoms with Crippen molar-refractivity contribution in [1.29, 1.82) is 0 Å². The molecule has 0 fully saturated rings. The van der Waals surface area contributed by atoms with Gasteiger partial charge in [-0.3, -0.25) is 0 Å². The molecule has 3 aromatic rings. The molecule has 4 rings (SSSR count). The predicted octanol–water partition coefficient (Wildman–Crippen LogP) is 6.54. The van der Waals surface area contributed by atoms with Crippen molar-refractivity contribution in [2.24, 2.45) is 0 Å². The standard InChI is InChI=1S/C23H25NO/c1-15(2)6-5-12-23(4)13-11-17-21(25-23)10-9-20-22(17)18-14-16(3)7-8-19(18)24-20/h6-11,13-14,24H,5,12H2,1-4H3. The molecule has 1 N–H and O–H groups in total. The lowest BCUT2D eigenvalue weighted by atomic mass is 9.93. The summed E-state index contributed by atoms with van der Waals surface area (Å²) in [6.07, 6.45) is 8.78. The minimum Gasteiger partial charge on any atom is -0.483 e. The molecule has 1 aliphatic heterocycles. The van der Waals surface area contributed by atoms with Gasteiger partial charge in [0.05, 0.1) is 0 Å². The van der Waals surface area contributed by atoms with Gasteiger partial charge in [0.2, 0.25) is 0 Å². The van der Waals surface area contributed by atoms with Gasteiger partial charge in [0.25, 0.3) is 0 Å². The summed E-state index contributed by atoms with van der Waals surface area (Å²) in [5.74, 6) is 0.983. The normalized spacial score (nSPS) is 19.0. The van der Waals surface area contributed by atoms with E-state index >= 15 is 0 Å². The third-order valence-electron chi connectivity index (χ3n) is 5.06. The van der Waals surface area contributed by atoms with Crippen LogP contribution in [0, 0.1) is 6.92 Å². The summed E-state index contributed by atoms with van der Waals surface area (Å²) in [4.78, 5) is 3.53. The van der Waals surface area contributed by atoms with Gasteiger partial charge in [-0.05, 0) is 70.9 Å². The largest absolute Gasteiger partial charge is 0.483 e. The van der Waals surface area contributed by atoms with Crippen molar-refractivity contribution < 1.29 is 4.74 Å². The molecular weight excluding hydrogens is 306 g/mol. The Labute approximate surface area is 149 Å². The Kier molecular flexibility index (Phi) is 3.72. The van der Waals surface area contributed by atoms with Crippen LogP contribution in [-0.4, -0.2) is 10.6 Å². The molecule has 0 saturated carbocycles. The number of aryl methyl sites for hydroxylation is 1. The van der Waals surface area contributed by atoms with E-state index in [0.29, 0.717) is 0 Å². The maximum absolute atomic E-state index is 6.43. The van der Waals surface area contributed by atoms with E-state index < -0.39 is 0 Å². The average molecular weight is 331 g/mol. The number of allylic oxidation sites excluding steroid dienone is 2. The number of nitrogens with one attached hydrogen (secondary N) is 1. The van der Waals surface area contributed by atoms with Crippen LogP contribution in [0.4, 0.5) is 0 Å². The summed E-state index contributed by atoms with van der Waals surface area (Å²) in [7, 11) is 0. The van der Waals surface area contributed by atoms with Crippen LogP contribution in [0.15, 0.2) is 48.1 Å². The summed E-state index contributed by atoms with van der Waals surface area (Å²) in [5, 5.41) is 2.53. The monoisotopic (exact) mass is 331 g/mol. The number of rotatable bonds is 3. The zero-order valence-electron chi connectivity index (χ0n) is 15.4. The Bertz CT molecular complexity index is 1020. The van der Waals surface area contributed by atoms with Gasteiger partial charge in [-0.2, -0.15) is 0 Å². The molecule has 1 aromatic heterocycles. The van der Waals surface area contributed by atoms with E-state index in [-0.39, 0.29) is 5.60 Å². The zero-order chi connectivity index (χ0) is 17.6. The topological polar surface area (TPSA) is 25.0 Å². The molecule has 0 amide bonds. The first-order chi connectivity index (χ1) is 12.0. The van der Waals surface area contributed by atoms with Gasteiger partial charge >= 0.3 is 0 Å². The van der Waals surface area contributed by atoms with Crippen molar-refractivity contribution in [3.63, 3.8) is 0 Å². The van der Waals surface area contributed by atoms with Gasteiger partial charge in [0, 0.05) is 27.4 Å². The lowest BCUT2D eigenvalue weighted by Gasteiger charge is -2.31. The fourth-order valence-electron chi connectivity index (χ4n) is 3.69. The molecule has 0 saturated heterocycles. The smallest absolute Gasteiger partial charge is 0.128 e. The predicted molar refractivity (Wildman–Crippen MR) is 107 cm³/mol. The van der Waals surface area contributed by atoms with Crippen LogP contribution in [0.2, 0.25) is 0 Å². The van der Waals surface area contributed by atoms with Gasteiger partial charge in [-0.15, -0.1) is 0 Å². The van der Waals surface area contributed by atoms with E-state index in [4.69, 9.17) is 4.74 Å². The summed E-state index contributed by atoms with van der Waals surface area (Å²) in [6.45, 7) is 8.60. The Balaban J connectivity index is 1.78. The van der Waals surface area contributed by atoms with Crippen LogP contribution < -0.4 is 4.74 Å². The summed E-state index contributed by atoms with van der Waals surface area (Å²) in [6, 6.07) is 10.8. The zero-order valence-corrected chi connectivity index (χ0v) is 15.4. The van der Waals surface area contributed by atoms with E-state index in [1.54, 1.807) is 0 Å². The highest BCUT2D eigenvalue weighted by Gasteiger charge is 2.28. The SMILES string of the molecule is CC(C)=CCCC1(C)C=Cc2c(ccc3[nH]c4ccc(C)cc4c23)O1. The second-order valence-electron chi connectivity index (χ2n) is 7.64. The molecule has 2 aromatic carbocycles. The minimum atomic E-state index is -0.241.